The molecular weight excluding hydrogens is 364 g/mol. The Morgan fingerprint density at radius 3 is 1.90 bits per heavy atom. The van der Waals surface area contributed by atoms with Crippen LogP contribution < -0.4 is 4.74 Å². The van der Waals surface area contributed by atoms with Gasteiger partial charge in [-0.25, -0.2) is 0 Å². The zero-order valence-electron chi connectivity index (χ0n) is 18.7. The summed E-state index contributed by atoms with van der Waals surface area (Å²) in [6, 6.07) is 6.90. The summed E-state index contributed by atoms with van der Waals surface area (Å²) in [5.41, 5.74) is -0.0896. The van der Waals surface area contributed by atoms with Gasteiger partial charge in [0.15, 0.2) is 5.78 Å². The molecule has 0 heterocycles. The third-order valence-corrected chi connectivity index (χ3v) is 4.99. The van der Waals surface area contributed by atoms with Crippen LogP contribution in [0.5, 0.6) is 5.75 Å². The van der Waals surface area contributed by atoms with Gasteiger partial charge in [-0.2, -0.15) is 0 Å². The Morgan fingerprint density at radius 1 is 0.793 bits per heavy atom. The van der Waals surface area contributed by atoms with Gasteiger partial charge in [-0.15, -0.1) is 0 Å². The fourth-order valence-electron chi connectivity index (χ4n) is 2.95. The lowest BCUT2D eigenvalue weighted by molar-refractivity contribution is -0.131. The van der Waals surface area contributed by atoms with E-state index < -0.39 is 5.41 Å². The minimum absolute atomic E-state index is 0.139. The van der Waals surface area contributed by atoms with Gasteiger partial charge in [-0.05, 0) is 30.7 Å². The Kier molecular flexibility index (Phi) is 11.5. The van der Waals surface area contributed by atoms with Gasteiger partial charge >= 0.3 is 0 Å². The largest absolute Gasteiger partial charge is 0.494 e. The van der Waals surface area contributed by atoms with E-state index in [1.807, 2.05) is 0 Å². The number of carbonyl (C=O) groups excluding carboxylic acids is 3. The third kappa shape index (κ3) is 11.0. The maximum Gasteiger partial charge on any atom is 0.170 e. The van der Waals surface area contributed by atoms with Crippen molar-refractivity contribution >= 4 is 17.3 Å². The maximum absolute atomic E-state index is 12.3. The second-order valence-corrected chi connectivity index (χ2v) is 8.84. The van der Waals surface area contributed by atoms with Crippen molar-refractivity contribution in [3.05, 3.63) is 29.8 Å². The predicted molar refractivity (Wildman–Crippen MR) is 118 cm³/mol. The highest BCUT2D eigenvalue weighted by Crippen LogP contribution is 2.19. The molecule has 0 aromatic heterocycles. The van der Waals surface area contributed by atoms with Crippen molar-refractivity contribution in [3.63, 3.8) is 0 Å². The number of benzene rings is 1. The lowest BCUT2D eigenvalue weighted by Crippen LogP contribution is -2.24. The molecule has 4 heteroatoms. The highest BCUT2D eigenvalue weighted by molar-refractivity contribution is 6.12. The van der Waals surface area contributed by atoms with E-state index in [0.717, 1.165) is 12.2 Å². The van der Waals surface area contributed by atoms with Gasteiger partial charge in [0, 0.05) is 11.0 Å². The van der Waals surface area contributed by atoms with Crippen LogP contribution in [0.2, 0.25) is 0 Å². The zero-order chi connectivity index (χ0) is 21.7. The minimum Gasteiger partial charge on any atom is -0.494 e. The van der Waals surface area contributed by atoms with Crippen LogP contribution in [0.15, 0.2) is 24.3 Å². The lowest BCUT2D eigenvalue weighted by Gasteiger charge is -2.15. The summed E-state index contributed by atoms with van der Waals surface area (Å²) in [5.74, 6) is 0.00928. The molecule has 0 fully saturated rings. The van der Waals surface area contributed by atoms with Crippen molar-refractivity contribution in [2.45, 2.75) is 91.9 Å². The molecule has 4 nitrogen and oxygen atoms in total. The molecule has 0 saturated carbocycles. The van der Waals surface area contributed by atoms with Gasteiger partial charge in [0.2, 0.25) is 0 Å². The molecular formula is C25H38O4. The Labute approximate surface area is 176 Å². The van der Waals surface area contributed by atoms with E-state index >= 15 is 0 Å². The molecule has 0 bridgehead atoms. The predicted octanol–water partition coefficient (Wildman–Crippen LogP) is 6.35. The smallest absolute Gasteiger partial charge is 0.170 e. The van der Waals surface area contributed by atoms with E-state index in [1.165, 1.54) is 44.9 Å². The van der Waals surface area contributed by atoms with Crippen LogP contribution >= 0.6 is 0 Å². The van der Waals surface area contributed by atoms with Gasteiger partial charge in [-0.1, -0.05) is 72.6 Å². The van der Waals surface area contributed by atoms with Gasteiger partial charge in [0.25, 0.3) is 0 Å². The molecule has 0 saturated heterocycles. The Balaban J connectivity index is 2.28. The molecule has 1 aromatic rings. The number of hydrogen-bond acceptors (Lipinski definition) is 4. The molecule has 162 valence electrons. The monoisotopic (exact) mass is 402 g/mol. The standard InChI is InChI=1S/C25H38O4/c1-5-6-7-8-9-10-11-12-17-29-22-15-13-20(14-16-22)23(27)18-21(26)19-24(28)25(2,3)4/h13-16H,5-12,17-19H2,1-4H3. The Morgan fingerprint density at radius 2 is 1.34 bits per heavy atom. The second-order valence-electron chi connectivity index (χ2n) is 8.84. The van der Waals surface area contributed by atoms with Crippen LogP contribution in [0.25, 0.3) is 0 Å². The molecule has 1 rings (SSSR count). The number of rotatable bonds is 15. The van der Waals surface area contributed by atoms with Gasteiger partial charge in [-0.3, -0.25) is 14.4 Å². The van der Waals surface area contributed by atoms with Gasteiger partial charge < -0.3 is 4.74 Å². The van der Waals surface area contributed by atoms with Crippen LogP contribution in [0.1, 0.15) is 102 Å². The van der Waals surface area contributed by atoms with Crippen molar-refractivity contribution in [2.75, 3.05) is 6.61 Å². The van der Waals surface area contributed by atoms with Crippen LogP contribution in [0, 0.1) is 5.41 Å². The number of carbonyl (C=O) groups is 3. The SMILES string of the molecule is CCCCCCCCCCOc1ccc(C(=O)CC(=O)CC(=O)C(C)(C)C)cc1. The van der Waals surface area contributed by atoms with Crippen molar-refractivity contribution in [3.8, 4) is 5.75 Å². The van der Waals surface area contributed by atoms with Crippen molar-refractivity contribution in [1.29, 1.82) is 0 Å². The van der Waals surface area contributed by atoms with E-state index in [0.29, 0.717) is 12.2 Å². The van der Waals surface area contributed by atoms with Crippen LogP contribution in [0.3, 0.4) is 0 Å². The average Bonchev–Trinajstić information content (AvgIpc) is 2.66. The molecule has 0 radical (unpaired) electrons. The first-order valence-electron chi connectivity index (χ1n) is 11.0. The first kappa shape index (κ1) is 25.1. The number of Topliss-reactive ketones (excluding diaryl/α,β-unsaturated/α-hetero) is 3. The van der Waals surface area contributed by atoms with E-state index in [-0.39, 0.29) is 30.2 Å². The number of ketones is 3. The molecule has 1 aromatic carbocycles. The van der Waals surface area contributed by atoms with Gasteiger partial charge in [0.1, 0.15) is 17.3 Å². The fraction of sp³-hybridized carbons (Fsp3) is 0.640. The summed E-state index contributed by atoms with van der Waals surface area (Å²) >= 11 is 0. The minimum atomic E-state index is -0.563. The summed E-state index contributed by atoms with van der Waals surface area (Å²) in [4.78, 5) is 36.2. The first-order chi connectivity index (χ1) is 13.7. The van der Waals surface area contributed by atoms with E-state index in [4.69, 9.17) is 4.74 Å². The summed E-state index contributed by atoms with van der Waals surface area (Å²) in [6.45, 7) is 8.23. The van der Waals surface area contributed by atoms with Crippen LogP contribution in [-0.2, 0) is 9.59 Å². The van der Waals surface area contributed by atoms with Crippen molar-refractivity contribution in [1.82, 2.24) is 0 Å². The quantitative estimate of drug-likeness (QED) is 0.195. The molecule has 0 N–H and O–H groups in total. The molecule has 0 aliphatic heterocycles. The summed E-state index contributed by atoms with van der Waals surface area (Å²) in [6.07, 6.45) is 9.64. The molecule has 0 spiro atoms. The van der Waals surface area contributed by atoms with Crippen LogP contribution in [-0.4, -0.2) is 24.0 Å². The summed E-state index contributed by atoms with van der Waals surface area (Å²) in [7, 11) is 0. The topological polar surface area (TPSA) is 60.4 Å². The highest BCUT2D eigenvalue weighted by Gasteiger charge is 2.24. The maximum atomic E-state index is 12.3. The Bertz CT molecular complexity index is 638. The molecule has 0 atom stereocenters. The molecule has 0 amide bonds. The van der Waals surface area contributed by atoms with E-state index in [2.05, 4.69) is 6.92 Å². The Hall–Kier alpha value is -1.97. The number of ether oxygens (including phenoxy) is 1. The number of hydrogen-bond donors (Lipinski definition) is 0. The molecule has 0 aliphatic carbocycles. The highest BCUT2D eigenvalue weighted by atomic mass is 16.5. The van der Waals surface area contributed by atoms with Crippen molar-refractivity contribution < 1.29 is 19.1 Å². The molecule has 0 aliphatic rings. The molecule has 0 unspecified atom stereocenters. The third-order valence-electron chi connectivity index (χ3n) is 4.99. The van der Waals surface area contributed by atoms with E-state index in [9.17, 15) is 14.4 Å². The number of unbranched alkanes of at least 4 members (excludes halogenated alkanes) is 7. The summed E-state index contributed by atoms with van der Waals surface area (Å²) < 4.78 is 5.73. The molecule has 29 heavy (non-hydrogen) atoms. The average molecular weight is 403 g/mol. The van der Waals surface area contributed by atoms with E-state index in [1.54, 1.807) is 45.0 Å². The summed E-state index contributed by atoms with van der Waals surface area (Å²) in [5, 5.41) is 0. The van der Waals surface area contributed by atoms with Gasteiger partial charge in [0.05, 0.1) is 19.4 Å². The first-order valence-corrected chi connectivity index (χ1v) is 11.0. The second kappa shape index (κ2) is 13.3. The lowest BCUT2D eigenvalue weighted by atomic mass is 9.87. The normalized spacial score (nSPS) is 11.3. The van der Waals surface area contributed by atoms with Crippen LogP contribution in [0.4, 0.5) is 0 Å². The van der Waals surface area contributed by atoms with Crippen molar-refractivity contribution in [2.24, 2.45) is 5.41 Å². The fourth-order valence-corrected chi connectivity index (χ4v) is 2.95. The zero-order valence-corrected chi connectivity index (χ0v) is 18.7.